The molecular formula is C20H16N2O5. The molecule has 136 valence electrons. The highest BCUT2D eigenvalue weighted by Gasteiger charge is 2.20. The largest absolute Gasteiger partial charge is 0.289 e. The Morgan fingerprint density at radius 3 is 1.41 bits per heavy atom. The van der Waals surface area contributed by atoms with Crippen LogP contribution >= 0.6 is 0 Å². The second-order valence-electron chi connectivity index (χ2n) is 6.22. The highest BCUT2D eigenvalue weighted by molar-refractivity contribution is 6.13. The summed E-state index contributed by atoms with van der Waals surface area (Å²) in [5.41, 5.74) is 2.80. The molecule has 0 aromatic heterocycles. The first-order valence-corrected chi connectivity index (χ1v) is 8.39. The maximum Gasteiger partial charge on any atom is 0.269 e. The van der Waals surface area contributed by atoms with Crippen molar-refractivity contribution in [2.45, 2.75) is 19.3 Å². The van der Waals surface area contributed by atoms with Gasteiger partial charge in [0.2, 0.25) is 0 Å². The van der Waals surface area contributed by atoms with Crippen molar-refractivity contribution in [1.82, 2.24) is 0 Å². The minimum absolute atomic E-state index is 0.00544. The molecule has 0 bridgehead atoms. The van der Waals surface area contributed by atoms with Gasteiger partial charge in [0.05, 0.1) is 9.85 Å². The van der Waals surface area contributed by atoms with E-state index in [9.17, 15) is 25.0 Å². The molecule has 2 aromatic rings. The van der Waals surface area contributed by atoms with Crippen molar-refractivity contribution in [3.63, 3.8) is 0 Å². The standard InChI is InChI=1S/C20H16N2O5/c23-20-16(12-14-4-8-18(9-5-14)21(24)25)2-1-3-17(20)13-15-6-10-19(11-7-15)22(26)27/h4-13H,1-3H2/b16-12-,17-13+. The van der Waals surface area contributed by atoms with Crippen molar-refractivity contribution < 1.29 is 14.6 Å². The molecule has 2 aromatic carbocycles. The lowest BCUT2D eigenvalue weighted by Gasteiger charge is -2.16. The van der Waals surface area contributed by atoms with Crippen LogP contribution in [0.4, 0.5) is 11.4 Å². The molecule has 0 amide bonds. The Labute approximate surface area is 154 Å². The smallest absolute Gasteiger partial charge is 0.269 e. The Morgan fingerprint density at radius 1 is 0.704 bits per heavy atom. The summed E-state index contributed by atoms with van der Waals surface area (Å²) in [5, 5.41) is 21.4. The van der Waals surface area contributed by atoms with E-state index in [1.165, 1.54) is 24.3 Å². The van der Waals surface area contributed by atoms with E-state index < -0.39 is 9.85 Å². The van der Waals surface area contributed by atoms with E-state index in [1.54, 1.807) is 36.4 Å². The second-order valence-corrected chi connectivity index (χ2v) is 6.22. The summed E-state index contributed by atoms with van der Waals surface area (Å²) in [5.74, 6) is -0.0574. The molecule has 0 radical (unpaired) electrons. The van der Waals surface area contributed by atoms with Crippen molar-refractivity contribution >= 4 is 29.3 Å². The van der Waals surface area contributed by atoms with E-state index >= 15 is 0 Å². The van der Waals surface area contributed by atoms with Crippen LogP contribution in [0.3, 0.4) is 0 Å². The number of hydrogen-bond acceptors (Lipinski definition) is 5. The number of carbonyl (C=O) groups excluding carboxylic acids is 1. The van der Waals surface area contributed by atoms with Gasteiger partial charge in [-0.3, -0.25) is 25.0 Å². The zero-order chi connectivity index (χ0) is 19.4. The Hall–Kier alpha value is -3.61. The van der Waals surface area contributed by atoms with Crippen LogP contribution < -0.4 is 0 Å². The Kier molecular flexibility index (Phi) is 5.21. The van der Waals surface area contributed by atoms with Crippen LogP contribution in [-0.4, -0.2) is 15.6 Å². The maximum absolute atomic E-state index is 12.7. The van der Waals surface area contributed by atoms with Crippen LogP contribution in [0.2, 0.25) is 0 Å². The topological polar surface area (TPSA) is 103 Å². The van der Waals surface area contributed by atoms with E-state index in [1.807, 2.05) is 0 Å². The third kappa shape index (κ3) is 4.33. The van der Waals surface area contributed by atoms with Crippen molar-refractivity contribution in [2.24, 2.45) is 0 Å². The average molecular weight is 364 g/mol. The van der Waals surface area contributed by atoms with E-state index in [0.29, 0.717) is 24.0 Å². The van der Waals surface area contributed by atoms with Gasteiger partial charge in [-0.05, 0) is 66.8 Å². The number of nitro benzene ring substituents is 2. The summed E-state index contributed by atoms with van der Waals surface area (Å²) in [6, 6.07) is 12.1. The number of Topliss-reactive ketones (excluding diaryl/α,β-unsaturated/α-hetero) is 1. The molecular weight excluding hydrogens is 348 g/mol. The zero-order valence-electron chi connectivity index (χ0n) is 14.3. The maximum atomic E-state index is 12.7. The van der Waals surface area contributed by atoms with Gasteiger partial charge in [0.1, 0.15) is 0 Å². The van der Waals surface area contributed by atoms with E-state index in [-0.39, 0.29) is 17.2 Å². The van der Waals surface area contributed by atoms with Gasteiger partial charge in [0.25, 0.3) is 11.4 Å². The highest BCUT2D eigenvalue weighted by atomic mass is 16.6. The third-order valence-corrected chi connectivity index (χ3v) is 4.37. The van der Waals surface area contributed by atoms with E-state index in [4.69, 9.17) is 0 Å². The lowest BCUT2D eigenvalue weighted by Crippen LogP contribution is -2.12. The van der Waals surface area contributed by atoms with Gasteiger partial charge < -0.3 is 0 Å². The normalized spacial score (nSPS) is 17.3. The van der Waals surface area contributed by atoms with Gasteiger partial charge in [0.15, 0.2) is 5.78 Å². The molecule has 1 aliphatic carbocycles. The van der Waals surface area contributed by atoms with Gasteiger partial charge in [-0.1, -0.05) is 0 Å². The lowest BCUT2D eigenvalue weighted by atomic mass is 9.87. The molecule has 27 heavy (non-hydrogen) atoms. The van der Waals surface area contributed by atoms with E-state index in [2.05, 4.69) is 0 Å². The Bertz CT molecular complexity index is 879. The number of non-ortho nitro benzene ring substituents is 2. The Balaban J connectivity index is 1.82. The third-order valence-electron chi connectivity index (χ3n) is 4.37. The number of rotatable bonds is 4. The first-order chi connectivity index (χ1) is 12.9. The molecule has 7 heteroatoms. The SMILES string of the molecule is O=C1/C(=C\c2ccc([N+](=O)[O-])cc2)CCC/C1=C\c1ccc([N+](=O)[O-])cc1. The molecule has 0 spiro atoms. The van der Waals surface area contributed by atoms with Crippen molar-refractivity contribution in [2.75, 3.05) is 0 Å². The Morgan fingerprint density at radius 2 is 1.07 bits per heavy atom. The zero-order valence-corrected chi connectivity index (χ0v) is 14.3. The summed E-state index contributed by atoms with van der Waals surface area (Å²) in [6.07, 6.45) is 5.63. The van der Waals surface area contributed by atoms with Crippen LogP contribution in [-0.2, 0) is 4.79 Å². The molecule has 1 fully saturated rings. The fraction of sp³-hybridized carbons (Fsp3) is 0.150. The van der Waals surface area contributed by atoms with Gasteiger partial charge in [-0.15, -0.1) is 0 Å². The summed E-state index contributed by atoms with van der Waals surface area (Å²) in [4.78, 5) is 33.2. The fourth-order valence-corrected chi connectivity index (χ4v) is 2.96. The predicted octanol–water partition coefficient (Wildman–Crippen LogP) is 4.72. The number of ketones is 1. The number of nitrogens with zero attached hydrogens (tertiary/aromatic N) is 2. The second kappa shape index (κ2) is 7.74. The van der Waals surface area contributed by atoms with Gasteiger partial charge in [-0.25, -0.2) is 0 Å². The van der Waals surface area contributed by atoms with Crippen LogP contribution in [0.1, 0.15) is 30.4 Å². The van der Waals surface area contributed by atoms with Crippen LogP contribution in [0.15, 0.2) is 59.7 Å². The minimum Gasteiger partial charge on any atom is -0.289 e. The number of hydrogen-bond donors (Lipinski definition) is 0. The number of carbonyl (C=O) groups is 1. The molecule has 7 nitrogen and oxygen atoms in total. The van der Waals surface area contributed by atoms with Gasteiger partial charge in [0, 0.05) is 35.4 Å². The number of nitro groups is 2. The molecule has 1 saturated carbocycles. The predicted molar refractivity (Wildman–Crippen MR) is 101 cm³/mol. The van der Waals surface area contributed by atoms with Gasteiger partial charge in [-0.2, -0.15) is 0 Å². The number of benzene rings is 2. The summed E-state index contributed by atoms with van der Waals surface area (Å²) < 4.78 is 0. The monoisotopic (exact) mass is 364 g/mol. The molecule has 0 unspecified atom stereocenters. The van der Waals surface area contributed by atoms with Crippen LogP contribution in [0.25, 0.3) is 12.2 Å². The van der Waals surface area contributed by atoms with Crippen LogP contribution in [0.5, 0.6) is 0 Å². The first kappa shape index (κ1) is 18.2. The first-order valence-electron chi connectivity index (χ1n) is 8.39. The molecule has 0 aliphatic heterocycles. The molecule has 3 rings (SSSR count). The molecule has 1 aliphatic rings. The van der Waals surface area contributed by atoms with E-state index in [0.717, 1.165) is 17.5 Å². The summed E-state index contributed by atoms with van der Waals surface area (Å²) >= 11 is 0. The quantitative estimate of drug-likeness (QED) is 0.443. The highest BCUT2D eigenvalue weighted by Crippen LogP contribution is 2.28. The van der Waals surface area contributed by atoms with Crippen molar-refractivity contribution in [3.8, 4) is 0 Å². The molecule has 0 heterocycles. The molecule has 0 saturated heterocycles. The van der Waals surface area contributed by atoms with Crippen molar-refractivity contribution in [1.29, 1.82) is 0 Å². The minimum atomic E-state index is -0.465. The number of allylic oxidation sites excluding steroid dienone is 2. The van der Waals surface area contributed by atoms with Gasteiger partial charge >= 0.3 is 0 Å². The van der Waals surface area contributed by atoms with Crippen LogP contribution in [0, 0.1) is 20.2 Å². The fourth-order valence-electron chi connectivity index (χ4n) is 2.96. The average Bonchev–Trinajstić information content (AvgIpc) is 2.66. The molecule has 0 N–H and O–H groups in total. The summed E-state index contributed by atoms with van der Waals surface area (Å²) in [7, 11) is 0. The molecule has 0 atom stereocenters. The summed E-state index contributed by atoms with van der Waals surface area (Å²) in [6.45, 7) is 0. The van der Waals surface area contributed by atoms with Crippen molar-refractivity contribution in [3.05, 3.63) is 91.0 Å². The lowest BCUT2D eigenvalue weighted by molar-refractivity contribution is -0.385.